The highest BCUT2D eigenvalue weighted by molar-refractivity contribution is 5.91. The van der Waals surface area contributed by atoms with Crippen LogP contribution < -0.4 is 5.73 Å². The lowest BCUT2D eigenvalue weighted by Gasteiger charge is -2.08. The van der Waals surface area contributed by atoms with Crippen molar-refractivity contribution in [1.29, 1.82) is 0 Å². The monoisotopic (exact) mass is 304 g/mol. The van der Waals surface area contributed by atoms with Gasteiger partial charge in [-0.1, -0.05) is 13.3 Å². The van der Waals surface area contributed by atoms with Gasteiger partial charge in [0, 0.05) is 19.4 Å². The molecule has 2 rings (SSSR count). The Morgan fingerprint density at radius 1 is 1.36 bits per heavy atom. The molecule has 2 aromatic heterocycles. The molecule has 7 heteroatoms. The van der Waals surface area contributed by atoms with Crippen molar-refractivity contribution < 1.29 is 9.66 Å². The molecular formula is C15H20N4O3. The van der Waals surface area contributed by atoms with Gasteiger partial charge >= 0.3 is 5.69 Å². The van der Waals surface area contributed by atoms with Crippen molar-refractivity contribution in [3.8, 4) is 0 Å². The second-order valence-electron chi connectivity index (χ2n) is 5.02. The van der Waals surface area contributed by atoms with Gasteiger partial charge < -0.3 is 10.5 Å². The lowest BCUT2D eigenvalue weighted by atomic mass is 10.1. The lowest BCUT2D eigenvalue weighted by Crippen LogP contribution is -2.07. The highest BCUT2D eigenvalue weighted by atomic mass is 16.6. The second-order valence-corrected chi connectivity index (χ2v) is 5.02. The highest BCUT2D eigenvalue weighted by Gasteiger charge is 2.23. The Labute approximate surface area is 128 Å². The third-order valence-electron chi connectivity index (χ3n) is 3.35. The largest absolute Gasteiger partial charge is 0.391 e. The second kappa shape index (κ2) is 7.65. The van der Waals surface area contributed by atoms with E-state index in [0.29, 0.717) is 36.2 Å². The number of aryl methyl sites for hydroxylation is 1. The molecule has 22 heavy (non-hydrogen) atoms. The molecule has 0 spiro atoms. The molecule has 2 heterocycles. The first kappa shape index (κ1) is 16.1. The van der Waals surface area contributed by atoms with Gasteiger partial charge in [-0.05, 0) is 31.4 Å². The minimum atomic E-state index is -0.482. The van der Waals surface area contributed by atoms with E-state index < -0.39 is 4.92 Å². The van der Waals surface area contributed by atoms with Crippen molar-refractivity contribution in [2.45, 2.75) is 32.6 Å². The Balaban J connectivity index is 2.17. The average molecular weight is 304 g/mol. The van der Waals surface area contributed by atoms with Crippen LogP contribution in [0.2, 0.25) is 0 Å². The van der Waals surface area contributed by atoms with Gasteiger partial charge in [0.05, 0.1) is 10.4 Å². The first-order chi connectivity index (χ1) is 10.6. The van der Waals surface area contributed by atoms with E-state index in [4.69, 9.17) is 10.5 Å². The van der Waals surface area contributed by atoms with Crippen molar-refractivity contribution in [3.63, 3.8) is 0 Å². The number of hydrogen-bond acceptors (Lipinski definition) is 6. The molecule has 2 N–H and O–H groups in total. The van der Waals surface area contributed by atoms with Gasteiger partial charge in [0.1, 0.15) is 16.9 Å². The van der Waals surface area contributed by atoms with Gasteiger partial charge in [0.2, 0.25) is 0 Å². The number of nitrogens with zero attached hydrogens (tertiary/aromatic N) is 3. The normalized spacial score (nSPS) is 11.0. The number of unbranched alkanes of at least 4 members (excludes halogenated alkanes) is 1. The fourth-order valence-electron chi connectivity index (χ4n) is 2.23. The molecule has 7 nitrogen and oxygen atoms in total. The predicted molar refractivity (Wildman–Crippen MR) is 84.7 cm³/mol. The van der Waals surface area contributed by atoms with Gasteiger partial charge in [0.25, 0.3) is 0 Å². The van der Waals surface area contributed by atoms with E-state index in [1.165, 1.54) is 0 Å². The van der Waals surface area contributed by atoms with Crippen molar-refractivity contribution in [1.82, 2.24) is 9.97 Å². The van der Waals surface area contributed by atoms with Crippen LogP contribution in [0.25, 0.3) is 11.0 Å². The number of anilines is 1. The molecule has 0 aromatic carbocycles. The fraction of sp³-hybridized carbons (Fsp3) is 0.467. The van der Waals surface area contributed by atoms with E-state index in [-0.39, 0.29) is 11.4 Å². The van der Waals surface area contributed by atoms with E-state index in [1.807, 2.05) is 0 Å². The van der Waals surface area contributed by atoms with Gasteiger partial charge in [0.15, 0.2) is 0 Å². The zero-order chi connectivity index (χ0) is 15.9. The Morgan fingerprint density at radius 3 is 2.86 bits per heavy atom. The van der Waals surface area contributed by atoms with Crippen LogP contribution in [-0.2, 0) is 11.2 Å². The van der Waals surface area contributed by atoms with E-state index in [9.17, 15) is 10.1 Å². The summed E-state index contributed by atoms with van der Waals surface area (Å²) in [5, 5.41) is 11.3. The summed E-state index contributed by atoms with van der Waals surface area (Å²) in [4.78, 5) is 19.2. The first-order valence-electron chi connectivity index (χ1n) is 7.40. The summed E-state index contributed by atoms with van der Waals surface area (Å²) in [7, 11) is 0. The summed E-state index contributed by atoms with van der Waals surface area (Å²) in [6, 6.07) is 3.49. The number of rotatable bonds is 8. The smallest absolute Gasteiger partial charge is 0.315 e. The molecule has 118 valence electrons. The maximum atomic E-state index is 11.3. The average Bonchev–Trinajstić information content (AvgIpc) is 2.50. The first-order valence-corrected chi connectivity index (χ1v) is 7.40. The topological polar surface area (TPSA) is 104 Å². The predicted octanol–water partition coefficient (Wildman–Crippen LogP) is 2.87. The molecule has 0 amide bonds. The van der Waals surface area contributed by atoms with Crippen molar-refractivity contribution in [2.24, 2.45) is 0 Å². The molecule has 0 aliphatic rings. The lowest BCUT2D eigenvalue weighted by molar-refractivity contribution is -0.384. The van der Waals surface area contributed by atoms with Crippen LogP contribution >= 0.6 is 0 Å². The molecule has 0 atom stereocenters. The number of ether oxygens (including phenoxy) is 1. The molecule has 0 radical (unpaired) electrons. The van der Waals surface area contributed by atoms with E-state index >= 15 is 0 Å². The molecular weight excluding hydrogens is 284 g/mol. The third kappa shape index (κ3) is 3.67. The van der Waals surface area contributed by atoms with Crippen molar-refractivity contribution in [3.05, 3.63) is 34.1 Å². The molecule has 0 unspecified atom stereocenters. The Kier molecular flexibility index (Phi) is 5.60. The third-order valence-corrected chi connectivity index (χ3v) is 3.35. The van der Waals surface area contributed by atoms with Gasteiger partial charge in [-0.3, -0.25) is 15.1 Å². The Bertz CT molecular complexity index is 661. The van der Waals surface area contributed by atoms with Crippen LogP contribution in [-0.4, -0.2) is 28.1 Å². The number of pyridine rings is 2. The van der Waals surface area contributed by atoms with E-state index in [0.717, 1.165) is 19.4 Å². The molecule has 0 aliphatic heterocycles. The maximum Gasteiger partial charge on any atom is 0.315 e. The molecule has 2 aromatic rings. The summed E-state index contributed by atoms with van der Waals surface area (Å²) in [5.74, 6) is 0. The van der Waals surface area contributed by atoms with Crippen LogP contribution in [0.5, 0.6) is 0 Å². The quantitative estimate of drug-likeness (QED) is 0.457. The summed E-state index contributed by atoms with van der Waals surface area (Å²) < 4.78 is 5.47. The standard InChI is InChI=1S/C15H20N4O3/c1-2-3-9-22-10-5-7-12-15(19(20)21)13(16)14-11(18-12)6-4-8-17-14/h4,6,8H,2-3,5,7,9-10H2,1H3,(H2,16,18). The van der Waals surface area contributed by atoms with Crippen molar-refractivity contribution >= 4 is 22.4 Å². The number of nitrogen functional groups attached to an aromatic ring is 1. The fourth-order valence-corrected chi connectivity index (χ4v) is 2.23. The number of nitro groups is 1. The molecule has 0 bridgehead atoms. The number of fused-ring (bicyclic) bond motifs is 1. The molecule has 0 aliphatic carbocycles. The summed E-state index contributed by atoms with van der Waals surface area (Å²) >= 11 is 0. The maximum absolute atomic E-state index is 11.3. The SMILES string of the molecule is CCCCOCCCc1nc2cccnc2c(N)c1[N+](=O)[O-]. The van der Waals surface area contributed by atoms with E-state index in [1.54, 1.807) is 18.3 Å². The van der Waals surface area contributed by atoms with Crippen LogP contribution in [0.3, 0.4) is 0 Å². The minimum Gasteiger partial charge on any atom is -0.391 e. The summed E-state index contributed by atoms with van der Waals surface area (Å²) in [5.41, 5.74) is 7.20. The number of nitrogens with two attached hydrogens (primary N) is 1. The van der Waals surface area contributed by atoms with Crippen molar-refractivity contribution in [2.75, 3.05) is 18.9 Å². The van der Waals surface area contributed by atoms with Gasteiger partial charge in [-0.2, -0.15) is 0 Å². The van der Waals surface area contributed by atoms with E-state index in [2.05, 4.69) is 16.9 Å². The highest BCUT2D eigenvalue weighted by Crippen LogP contribution is 2.31. The molecule has 0 saturated heterocycles. The Hall–Kier alpha value is -2.28. The molecule has 0 saturated carbocycles. The minimum absolute atomic E-state index is 0.0810. The van der Waals surface area contributed by atoms with Crippen LogP contribution in [0.15, 0.2) is 18.3 Å². The van der Waals surface area contributed by atoms with Crippen LogP contribution in [0.1, 0.15) is 31.9 Å². The molecule has 0 fully saturated rings. The van der Waals surface area contributed by atoms with Gasteiger partial charge in [-0.25, -0.2) is 4.98 Å². The zero-order valence-corrected chi connectivity index (χ0v) is 12.6. The summed E-state index contributed by atoms with van der Waals surface area (Å²) in [6.45, 7) is 3.38. The zero-order valence-electron chi connectivity index (χ0n) is 12.6. The van der Waals surface area contributed by atoms with Gasteiger partial charge in [-0.15, -0.1) is 0 Å². The summed E-state index contributed by atoms with van der Waals surface area (Å²) in [6.07, 6.45) is 4.78. The number of hydrogen-bond donors (Lipinski definition) is 1. The Morgan fingerprint density at radius 2 is 2.14 bits per heavy atom. The number of aromatic nitrogens is 2. The van der Waals surface area contributed by atoms with Crippen LogP contribution in [0.4, 0.5) is 11.4 Å². The van der Waals surface area contributed by atoms with Crippen LogP contribution in [0, 0.1) is 10.1 Å².